The van der Waals surface area contributed by atoms with Gasteiger partial charge in [-0.15, -0.1) is 0 Å². The van der Waals surface area contributed by atoms with Crippen LogP contribution in [-0.4, -0.2) is 68.6 Å². The molecule has 2 fully saturated rings. The van der Waals surface area contributed by atoms with E-state index < -0.39 is 25.6 Å². The van der Waals surface area contributed by atoms with Crippen molar-refractivity contribution in [1.29, 1.82) is 0 Å². The number of carbonyl (C=O) groups is 1. The van der Waals surface area contributed by atoms with Gasteiger partial charge in [0.05, 0.1) is 9.79 Å². The van der Waals surface area contributed by atoms with Gasteiger partial charge in [-0.25, -0.2) is 41.9 Å². The van der Waals surface area contributed by atoms with E-state index in [4.69, 9.17) is 32.3 Å². The lowest BCUT2D eigenvalue weighted by molar-refractivity contribution is 0.0130. The number of nitrogens with one attached hydrogen (secondary N) is 1. The first kappa shape index (κ1) is 43.6. The zero-order chi connectivity index (χ0) is 38.0. The van der Waals surface area contributed by atoms with E-state index in [0.29, 0.717) is 30.2 Å². The van der Waals surface area contributed by atoms with E-state index in [-0.39, 0.29) is 26.6 Å². The van der Waals surface area contributed by atoms with Crippen molar-refractivity contribution in [2.45, 2.75) is 121 Å². The molecule has 0 aromatic carbocycles. The molecule has 2 aliphatic rings. The Bertz CT molecular complexity index is 1620. The Morgan fingerprint density at radius 1 is 0.960 bits per heavy atom. The molecule has 3 heterocycles. The quantitative estimate of drug-likeness (QED) is 0.166. The molecule has 0 bridgehead atoms. The van der Waals surface area contributed by atoms with Crippen molar-refractivity contribution in [1.82, 2.24) is 14.9 Å². The summed E-state index contributed by atoms with van der Waals surface area (Å²) in [6.07, 6.45) is 12.0. The summed E-state index contributed by atoms with van der Waals surface area (Å²) in [6.45, 7) is 16.7. The first-order valence-electron chi connectivity index (χ1n) is 17.0. The fourth-order valence-electron chi connectivity index (χ4n) is 6.31. The molecule has 1 aliphatic carbocycles. The molecule has 13 nitrogen and oxygen atoms in total. The summed E-state index contributed by atoms with van der Waals surface area (Å²) in [5, 5.41) is 13.2. The number of sulfonamides is 2. The molecule has 1 amide bonds. The summed E-state index contributed by atoms with van der Waals surface area (Å²) in [5.74, 6) is 1.86. The highest BCUT2D eigenvalue weighted by molar-refractivity contribution is 7.89. The lowest BCUT2D eigenvalue weighted by Gasteiger charge is -2.33. The predicted octanol–water partition coefficient (Wildman–Crippen LogP) is 5.89. The third-order valence-corrected chi connectivity index (χ3v) is 10.7. The third kappa shape index (κ3) is 15.8. The smallest absolute Gasteiger partial charge is 0.410 e. The van der Waals surface area contributed by atoms with Crippen molar-refractivity contribution in [3.8, 4) is 0 Å². The van der Waals surface area contributed by atoms with Crippen LogP contribution >= 0.6 is 11.6 Å². The molecule has 2 aromatic rings. The van der Waals surface area contributed by atoms with Crippen LogP contribution in [0.3, 0.4) is 0 Å². The van der Waals surface area contributed by atoms with E-state index in [2.05, 4.69) is 43.0 Å². The highest BCUT2D eigenvalue weighted by Crippen LogP contribution is 2.42. The van der Waals surface area contributed by atoms with E-state index in [1.165, 1.54) is 68.8 Å². The van der Waals surface area contributed by atoms with Crippen LogP contribution < -0.4 is 21.3 Å². The molecule has 0 radical (unpaired) electrons. The first-order valence-corrected chi connectivity index (χ1v) is 20.5. The number of hydrogen-bond donors (Lipinski definition) is 4. The fraction of sp³-hybridized carbons (Fsp3) is 0.676. The Hall–Kier alpha value is -2.56. The maximum atomic E-state index is 12.5. The molecule has 4 rings (SSSR count). The number of halogens is 1. The van der Waals surface area contributed by atoms with Gasteiger partial charge >= 0.3 is 6.09 Å². The molecule has 2 unspecified atom stereocenters. The largest absolute Gasteiger partial charge is 0.444 e. The second kappa shape index (κ2) is 18.3. The molecular formula is C34H58ClN7O6S2. The highest BCUT2D eigenvalue weighted by Gasteiger charge is 2.42. The van der Waals surface area contributed by atoms with Gasteiger partial charge < -0.3 is 20.7 Å². The van der Waals surface area contributed by atoms with Crippen LogP contribution in [0.5, 0.6) is 0 Å². The summed E-state index contributed by atoms with van der Waals surface area (Å²) >= 11 is 5.42. The maximum absolute atomic E-state index is 12.5. The molecule has 2 aromatic heterocycles. The lowest BCUT2D eigenvalue weighted by Crippen LogP contribution is -2.45. The van der Waals surface area contributed by atoms with Gasteiger partial charge in [-0.3, -0.25) is 0 Å². The Morgan fingerprint density at radius 2 is 1.54 bits per heavy atom. The molecule has 16 heteroatoms. The summed E-state index contributed by atoms with van der Waals surface area (Å²) in [5.41, 5.74) is 5.36. The number of aromatic nitrogens is 2. The van der Waals surface area contributed by atoms with Gasteiger partial charge in [0.25, 0.3) is 0 Å². The number of rotatable bonds is 10. The number of pyridine rings is 2. The molecule has 1 aliphatic heterocycles. The Balaban J connectivity index is 0.000000320. The summed E-state index contributed by atoms with van der Waals surface area (Å²) < 4.78 is 49.7. The number of nitrogens with two attached hydrogens (primary N) is 3. The van der Waals surface area contributed by atoms with E-state index in [0.717, 1.165) is 31.7 Å². The normalized spacial score (nSPS) is 19.9. The first-order chi connectivity index (χ1) is 22.9. The lowest BCUT2D eigenvalue weighted by atomic mass is 9.89. The Morgan fingerprint density at radius 3 is 2.04 bits per heavy atom. The summed E-state index contributed by atoms with van der Waals surface area (Å²) in [7, 11) is -7.39. The molecule has 50 heavy (non-hydrogen) atoms. The van der Waals surface area contributed by atoms with E-state index in [1.54, 1.807) is 0 Å². The fourth-order valence-corrected chi connectivity index (χ4v) is 7.60. The number of anilines is 1. The molecule has 1 saturated heterocycles. The standard InChI is InChI=1S/C19H32N4O4S.C10H21N.C5H5ClN2O2S/c1-18(2,3)27-17(24)23-13-14(12-19(23,4)5)7-6-9-21-16-11-15(8-10-22-16)28(20,25)26;1-10(2)6-5-9(8-10)4-3-7-11;6-5-3-4(1-2-8-5)11(7,9)10/h8,10-11,14H,6-7,9,12-13H2,1-5H3,(H,21,22)(H2,20,25,26);9H,3-8,11H2,1-2H3;1-3H,(H2,7,9,10). The van der Waals surface area contributed by atoms with Crippen LogP contribution in [0.4, 0.5) is 10.6 Å². The van der Waals surface area contributed by atoms with Gasteiger partial charge in [-0.2, -0.15) is 0 Å². The maximum Gasteiger partial charge on any atom is 0.410 e. The minimum atomic E-state index is -3.74. The Labute approximate surface area is 304 Å². The van der Waals surface area contributed by atoms with Gasteiger partial charge in [0.1, 0.15) is 16.6 Å². The van der Waals surface area contributed by atoms with E-state index >= 15 is 0 Å². The van der Waals surface area contributed by atoms with Crippen molar-refractivity contribution in [2.75, 3.05) is 25.0 Å². The van der Waals surface area contributed by atoms with Crippen LogP contribution in [-0.2, 0) is 24.8 Å². The molecule has 2 atom stereocenters. The van der Waals surface area contributed by atoms with Crippen LogP contribution in [0.1, 0.15) is 99.8 Å². The van der Waals surface area contributed by atoms with Crippen LogP contribution in [0.25, 0.3) is 0 Å². The topological polar surface area (TPSA) is 214 Å². The third-order valence-electron chi connectivity index (χ3n) is 8.64. The van der Waals surface area contributed by atoms with E-state index in [9.17, 15) is 21.6 Å². The van der Waals surface area contributed by atoms with Crippen LogP contribution in [0.15, 0.2) is 46.5 Å². The number of nitrogens with zero attached hydrogens (tertiary/aromatic N) is 3. The summed E-state index contributed by atoms with van der Waals surface area (Å²) in [6, 6.07) is 5.27. The molecular weight excluding hydrogens is 702 g/mol. The number of carbonyl (C=O) groups excluding carboxylic acids is 1. The highest BCUT2D eigenvalue weighted by atomic mass is 35.5. The van der Waals surface area contributed by atoms with Gasteiger partial charge in [-0.1, -0.05) is 25.4 Å². The van der Waals surface area contributed by atoms with E-state index in [1.807, 2.05) is 25.7 Å². The zero-order valence-electron chi connectivity index (χ0n) is 30.6. The minimum absolute atomic E-state index is 0.0301. The van der Waals surface area contributed by atoms with Crippen molar-refractivity contribution in [3.63, 3.8) is 0 Å². The second-order valence-electron chi connectivity index (χ2n) is 15.5. The molecule has 1 saturated carbocycles. The number of primary sulfonamides is 2. The monoisotopic (exact) mass is 759 g/mol. The molecule has 0 spiro atoms. The average molecular weight is 760 g/mol. The van der Waals surface area contributed by atoms with Crippen LogP contribution in [0.2, 0.25) is 5.15 Å². The summed E-state index contributed by atoms with van der Waals surface area (Å²) in [4.78, 5) is 22.0. The molecule has 284 valence electrons. The SMILES string of the molecule is CC(C)(C)OC(=O)N1CC(CCCNc2cc(S(N)(=O)=O)ccn2)CC1(C)C.CC1(C)CCC(CCCN)C1.NS(=O)(=O)c1ccnc(Cl)c1. The van der Waals surface area contributed by atoms with Crippen molar-refractivity contribution >= 4 is 43.6 Å². The predicted molar refractivity (Wildman–Crippen MR) is 198 cm³/mol. The number of ether oxygens (including phenoxy) is 1. The van der Waals surface area contributed by atoms with Crippen molar-refractivity contribution in [2.24, 2.45) is 33.3 Å². The average Bonchev–Trinajstić information content (AvgIpc) is 3.49. The van der Waals surface area contributed by atoms with Crippen LogP contribution in [0, 0.1) is 17.3 Å². The van der Waals surface area contributed by atoms with Gasteiger partial charge in [-0.05, 0) is 128 Å². The zero-order valence-corrected chi connectivity index (χ0v) is 33.0. The molecule has 7 N–H and O–H groups in total. The van der Waals surface area contributed by atoms with Gasteiger partial charge in [0.2, 0.25) is 20.0 Å². The number of hydrogen-bond acceptors (Lipinski definition) is 10. The second-order valence-corrected chi connectivity index (χ2v) is 19.0. The van der Waals surface area contributed by atoms with Crippen molar-refractivity contribution < 1.29 is 26.4 Å². The van der Waals surface area contributed by atoms with Crippen molar-refractivity contribution in [3.05, 3.63) is 41.8 Å². The van der Waals surface area contributed by atoms with Gasteiger partial charge in [0.15, 0.2) is 0 Å². The minimum Gasteiger partial charge on any atom is -0.444 e. The number of amides is 1. The van der Waals surface area contributed by atoms with Gasteiger partial charge in [0, 0.05) is 37.1 Å². The Kier molecular flexibility index (Phi) is 15.9. The number of likely N-dealkylation sites (tertiary alicyclic amines) is 1.